The van der Waals surface area contributed by atoms with Crippen molar-refractivity contribution in [2.45, 2.75) is 51.9 Å². The first kappa shape index (κ1) is 8.94. The molecule has 0 aromatic heterocycles. The van der Waals surface area contributed by atoms with E-state index in [4.69, 9.17) is 0 Å². The maximum Gasteiger partial charge on any atom is 0.139 e. The molecule has 1 heteroatoms. The van der Waals surface area contributed by atoms with Gasteiger partial charge in [0.25, 0.3) is 0 Å². The Morgan fingerprint density at radius 3 is 2.57 bits per heavy atom. The molecule has 0 N–H and O–H groups in total. The fraction of sp³-hybridized carbons (Fsp3) is 0.923. The molecule has 0 amide bonds. The van der Waals surface area contributed by atoms with Crippen LogP contribution in [0.3, 0.4) is 0 Å². The predicted octanol–water partition coefficient (Wildman–Crippen LogP) is 3.18. The van der Waals surface area contributed by atoms with E-state index in [0.717, 1.165) is 37.0 Å². The van der Waals surface area contributed by atoms with Crippen molar-refractivity contribution >= 4 is 5.78 Å². The van der Waals surface area contributed by atoms with E-state index in [2.05, 4.69) is 6.92 Å². The summed E-state index contributed by atoms with van der Waals surface area (Å²) in [7, 11) is 0. The largest absolute Gasteiger partial charge is 0.299 e. The van der Waals surface area contributed by atoms with E-state index in [0.29, 0.717) is 5.78 Å². The van der Waals surface area contributed by atoms with Gasteiger partial charge in [-0.05, 0) is 49.9 Å². The van der Waals surface area contributed by atoms with Gasteiger partial charge < -0.3 is 0 Å². The van der Waals surface area contributed by atoms with E-state index in [1.165, 1.54) is 25.7 Å². The van der Waals surface area contributed by atoms with Crippen LogP contribution in [0.1, 0.15) is 51.9 Å². The van der Waals surface area contributed by atoms with Gasteiger partial charge in [0, 0.05) is 11.8 Å². The van der Waals surface area contributed by atoms with E-state index in [1.807, 2.05) is 0 Å². The lowest BCUT2D eigenvalue weighted by Gasteiger charge is -2.22. The second kappa shape index (κ2) is 2.84. The molecule has 1 nitrogen and oxygen atoms in total. The van der Waals surface area contributed by atoms with Gasteiger partial charge in [-0.15, -0.1) is 0 Å². The van der Waals surface area contributed by atoms with E-state index in [-0.39, 0.29) is 5.41 Å². The lowest BCUT2D eigenvalue weighted by Crippen LogP contribution is -2.20. The summed E-state index contributed by atoms with van der Waals surface area (Å²) in [5.41, 5.74) is 0.127. The third-order valence-electron chi connectivity index (χ3n) is 5.01. The summed E-state index contributed by atoms with van der Waals surface area (Å²) < 4.78 is 0. The minimum atomic E-state index is 0.127. The van der Waals surface area contributed by atoms with Crippen molar-refractivity contribution in [3.63, 3.8) is 0 Å². The summed E-state index contributed by atoms with van der Waals surface area (Å²) in [6, 6.07) is 0. The van der Waals surface area contributed by atoms with E-state index in [1.54, 1.807) is 0 Å². The molecule has 14 heavy (non-hydrogen) atoms. The summed E-state index contributed by atoms with van der Waals surface area (Å²) in [6.07, 6.45) is 8.91. The maximum absolute atomic E-state index is 12.0. The van der Waals surface area contributed by atoms with Crippen LogP contribution in [0.15, 0.2) is 0 Å². The smallest absolute Gasteiger partial charge is 0.139 e. The summed E-state index contributed by atoms with van der Waals surface area (Å²) in [5, 5.41) is 0. The van der Waals surface area contributed by atoms with Gasteiger partial charge in [0.2, 0.25) is 0 Å². The van der Waals surface area contributed by atoms with Crippen LogP contribution < -0.4 is 0 Å². The average Bonchev–Trinajstić information content (AvgIpc) is 2.63. The minimum absolute atomic E-state index is 0.127. The summed E-state index contributed by atoms with van der Waals surface area (Å²) >= 11 is 0. The van der Waals surface area contributed by atoms with Gasteiger partial charge in [0.15, 0.2) is 0 Å². The Hall–Kier alpha value is -0.330. The van der Waals surface area contributed by atoms with Crippen molar-refractivity contribution in [3.05, 3.63) is 0 Å². The van der Waals surface area contributed by atoms with Crippen molar-refractivity contribution in [3.8, 4) is 0 Å². The second-order valence-electron chi connectivity index (χ2n) is 6.12. The van der Waals surface area contributed by atoms with Crippen molar-refractivity contribution in [1.29, 1.82) is 0 Å². The van der Waals surface area contributed by atoms with Gasteiger partial charge in [-0.1, -0.05) is 13.3 Å². The number of ketones is 1. The lowest BCUT2D eigenvalue weighted by molar-refractivity contribution is -0.124. The summed E-state index contributed by atoms with van der Waals surface area (Å²) in [4.78, 5) is 12.0. The van der Waals surface area contributed by atoms with Crippen LogP contribution in [0.4, 0.5) is 0 Å². The highest BCUT2D eigenvalue weighted by atomic mass is 16.1. The van der Waals surface area contributed by atoms with Crippen LogP contribution in [-0.4, -0.2) is 5.78 Å². The van der Waals surface area contributed by atoms with Crippen LogP contribution in [-0.2, 0) is 4.79 Å². The molecule has 0 saturated heterocycles. The molecule has 3 aliphatic rings. The van der Waals surface area contributed by atoms with Gasteiger partial charge in [-0.2, -0.15) is 0 Å². The Balaban J connectivity index is 1.60. The van der Waals surface area contributed by atoms with E-state index < -0.39 is 0 Å². The molecule has 3 aliphatic carbocycles. The second-order valence-corrected chi connectivity index (χ2v) is 6.12. The van der Waals surface area contributed by atoms with Crippen molar-refractivity contribution in [2.24, 2.45) is 23.2 Å². The summed E-state index contributed by atoms with van der Waals surface area (Å²) in [5.74, 6) is 3.27. The third kappa shape index (κ3) is 1.32. The first-order valence-corrected chi connectivity index (χ1v) is 6.21. The highest BCUT2D eigenvalue weighted by Crippen LogP contribution is 2.53. The number of fused-ring (bicyclic) bond motifs is 2. The van der Waals surface area contributed by atoms with Crippen LogP contribution in [0.25, 0.3) is 0 Å². The minimum Gasteiger partial charge on any atom is -0.299 e. The molecular formula is C13H20O. The number of rotatable bonds is 3. The normalized spacial score (nSPS) is 42.8. The lowest BCUT2D eigenvalue weighted by atomic mass is 9.82. The highest BCUT2D eigenvalue weighted by molar-refractivity contribution is 5.87. The van der Waals surface area contributed by atoms with Gasteiger partial charge in [0.05, 0.1) is 0 Å². The maximum atomic E-state index is 12.0. The van der Waals surface area contributed by atoms with Gasteiger partial charge in [-0.3, -0.25) is 4.79 Å². The number of carbonyl (C=O) groups is 1. The number of hydrogen-bond donors (Lipinski definition) is 0. The SMILES string of the molecule is CC1(C(=O)CC2CC3CCC2C3)CC1. The van der Waals surface area contributed by atoms with Gasteiger partial charge >= 0.3 is 0 Å². The molecule has 0 aromatic carbocycles. The van der Waals surface area contributed by atoms with Crippen molar-refractivity contribution in [2.75, 3.05) is 0 Å². The Bertz CT molecular complexity index is 264. The zero-order valence-electron chi connectivity index (χ0n) is 9.09. The van der Waals surface area contributed by atoms with Crippen LogP contribution in [0.2, 0.25) is 0 Å². The Morgan fingerprint density at radius 1 is 1.29 bits per heavy atom. The molecule has 3 rings (SSSR count). The molecule has 3 atom stereocenters. The third-order valence-corrected chi connectivity index (χ3v) is 5.01. The number of carbonyl (C=O) groups excluding carboxylic acids is 1. The van der Waals surface area contributed by atoms with Crippen LogP contribution in [0.5, 0.6) is 0 Å². The van der Waals surface area contributed by atoms with Crippen molar-refractivity contribution in [1.82, 2.24) is 0 Å². The van der Waals surface area contributed by atoms with E-state index >= 15 is 0 Å². The highest BCUT2D eigenvalue weighted by Gasteiger charge is 2.47. The fourth-order valence-corrected chi connectivity index (χ4v) is 3.58. The molecule has 0 aromatic rings. The molecule has 3 unspecified atom stereocenters. The molecule has 0 radical (unpaired) electrons. The predicted molar refractivity (Wildman–Crippen MR) is 55.9 cm³/mol. The van der Waals surface area contributed by atoms with Crippen LogP contribution >= 0.6 is 0 Å². The molecule has 3 fully saturated rings. The fourth-order valence-electron chi connectivity index (χ4n) is 3.58. The molecule has 0 heterocycles. The Kier molecular flexibility index (Phi) is 1.81. The topological polar surface area (TPSA) is 17.1 Å². The quantitative estimate of drug-likeness (QED) is 0.671. The van der Waals surface area contributed by atoms with Gasteiger partial charge in [0.1, 0.15) is 5.78 Å². The Morgan fingerprint density at radius 2 is 2.07 bits per heavy atom. The molecular weight excluding hydrogens is 172 g/mol. The molecule has 3 saturated carbocycles. The summed E-state index contributed by atoms with van der Waals surface area (Å²) in [6.45, 7) is 2.16. The van der Waals surface area contributed by atoms with E-state index in [9.17, 15) is 4.79 Å². The Labute approximate surface area is 86.3 Å². The molecule has 2 bridgehead atoms. The molecule has 0 aliphatic heterocycles. The number of hydrogen-bond acceptors (Lipinski definition) is 1. The van der Waals surface area contributed by atoms with Crippen molar-refractivity contribution < 1.29 is 4.79 Å². The standard InChI is InChI=1S/C13H20O/c1-13(4-5-13)12(14)8-11-7-9-2-3-10(11)6-9/h9-11H,2-8H2,1H3. The average molecular weight is 192 g/mol. The van der Waals surface area contributed by atoms with Gasteiger partial charge in [-0.25, -0.2) is 0 Å². The number of Topliss-reactive ketones (excluding diaryl/α,β-unsaturated/α-hetero) is 1. The first-order chi connectivity index (χ1) is 6.67. The molecule has 0 spiro atoms. The zero-order chi connectivity index (χ0) is 9.76. The monoisotopic (exact) mass is 192 g/mol. The molecule has 78 valence electrons. The first-order valence-electron chi connectivity index (χ1n) is 6.21. The zero-order valence-corrected chi connectivity index (χ0v) is 9.09. The van der Waals surface area contributed by atoms with Crippen LogP contribution in [0, 0.1) is 23.2 Å².